The van der Waals surface area contributed by atoms with Gasteiger partial charge in [-0.05, 0) is 12.1 Å². The summed E-state index contributed by atoms with van der Waals surface area (Å²) in [7, 11) is 0. The maximum absolute atomic E-state index is 12.4. The van der Waals surface area contributed by atoms with Crippen LogP contribution in [0.15, 0.2) is 46.0 Å². The van der Waals surface area contributed by atoms with Crippen molar-refractivity contribution in [2.24, 2.45) is 4.99 Å². The summed E-state index contributed by atoms with van der Waals surface area (Å²) in [5, 5.41) is 9.04. The average Bonchev–Trinajstić information content (AvgIpc) is 3.17. The normalized spacial score (nSPS) is 16.1. The van der Waals surface area contributed by atoms with Crippen LogP contribution in [0.2, 0.25) is 0 Å². The van der Waals surface area contributed by atoms with E-state index in [4.69, 9.17) is 9.68 Å². The number of amides is 1. The van der Waals surface area contributed by atoms with E-state index < -0.39 is 0 Å². The van der Waals surface area contributed by atoms with Gasteiger partial charge in [0, 0.05) is 17.9 Å². The van der Waals surface area contributed by atoms with E-state index >= 15 is 0 Å². The number of benzene rings is 1. The smallest absolute Gasteiger partial charge is 0.281 e. The van der Waals surface area contributed by atoms with Gasteiger partial charge in [0.2, 0.25) is 12.1 Å². The highest BCUT2D eigenvalue weighted by Gasteiger charge is 2.28. The van der Waals surface area contributed by atoms with Crippen LogP contribution in [0, 0.1) is 11.5 Å². The number of nitriles is 1. The molecule has 1 aliphatic rings. The lowest BCUT2D eigenvalue weighted by atomic mass is 10.2. The minimum atomic E-state index is -0.306. The molecule has 104 valence electrons. The molecule has 1 saturated heterocycles. The lowest BCUT2D eigenvalue weighted by Crippen LogP contribution is -2.31. The molecular weight excluding hydrogens is 288 g/mol. The second-order valence-corrected chi connectivity index (χ2v) is 5.27. The predicted octanol–water partition coefficient (Wildman–Crippen LogP) is 2.37. The van der Waals surface area contributed by atoms with Crippen molar-refractivity contribution < 1.29 is 9.21 Å². The van der Waals surface area contributed by atoms with Gasteiger partial charge in [-0.3, -0.25) is 9.69 Å². The summed E-state index contributed by atoms with van der Waals surface area (Å²) >= 11 is 1.38. The number of oxazole rings is 1. The van der Waals surface area contributed by atoms with E-state index in [0.29, 0.717) is 17.6 Å². The van der Waals surface area contributed by atoms with Crippen molar-refractivity contribution in [2.45, 2.75) is 0 Å². The fraction of sp³-hybridized carbons (Fsp3) is 0.143. The van der Waals surface area contributed by atoms with Crippen LogP contribution < -0.4 is 0 Å². The average molecular weight is 298 g/mol. The molecule has 6 nitrogen and oxygen atoms in total. The van der Waals surface area contributed by atoms with E-state index in [9.17, 15) is 4.79 Å². The van der Waals surface area contributed by atoms with E-state index in [1.54, 1.807) is 6.19 Å². The van der Waals surface area contributed by atoms with Gasteiger partial charge < -0.3 is 4.42 Å². The van der Waals surface area contributed by atoms with Crippen molar-refractivity contribution in [2.75, 3.05) is 12.3 Å². The number of nitrogens with zero attached hydrogens (tertiary/aromatic N) is 4. The summed E-state index contributed by atoms with van der Waals surface area (Å²) in [6, 6.07) is 9.35. The van der Waals surface area contributed by atoms with Crippen LogP contribution in [0.4, 0.5) is 0 Å². The lowest BCUT2D eigenvalue weighted by molar-refractivity contribution is 0.0854. The number of amidine groups is 1. The topological polar surface area (TPSA) is 82.5 Å². The Morgan fingerprint density at radius 3 is 3.00 bits per heavy atom. The first kappa shape index (κ1) is 13.4. The summed E-state index contributed by atoms with van der Waals surface area (Å²) in [4.78, 5) is 21.7. The minimum Gasteiger partial charge on any atom is -0.444 e. The Bertz CT molecular complexity index is 733. The molecule has 1 aliphatic heterocycles. The quantitative estimate of drug-likeness (QED) is 0.795. The van der Waals surface area contributed by atoms with E-state index in [0.717, 1.165) is 11.3 Å². The molecule has 0 saturated carbocycles. The van der Waals surface area contributed by atoms with Crippen molar-refractivity contribution in [3.05, 3.63) is 42.3 Å². The maximum Gasteiger partial charge on any atom is 0.281 e. The van der Waals surface area contributed by atoms with Crippen LogP contribution in [0.5, 0.6) is 0 Å². The summed E-state index contributed by atoms with van der Waals surface area (Å²) in [6.45, 7) is 0.511. The van der Waals surface area contributed by atoms with Crippen LogP contribution in [0.25, 0.3) is 11.5 Å². The summed E-state index contributed by atoms with van der Waals surface area (Å²) in [5.41, 5.74) is 1.01. The SMILES string of the molecule is N#CN=C1SCCN1C(=O)c1coc(-c2ccccc2)n1. The van der Waals surface area contributed by atoms with Gasteiger partial charge >= 0.3 is 0 Å². The number of thioether (sulfide) groups is 1. The van der Waals surface area contributed by atoms with E-state index in [1.165, 1.54) is 22.9 Å². The highest BCUT2D eigenvalue weighted by Crippen LogP contribution is 2.22. The van der Waals surface area contributed by atoms with E-state index in [-0.39, 0.29) is 11.6 Å². The Morgan fingerprint density at radius 1 is 1.43 bits per heavy atom. The zero-order valence-corrected chi connectivity index (χ0v) is 11.7. The third-order valence-electron chi connectivity index (χ3n) is 2.91. The third-order valence-corrected chi connectivity index (χ3v) is 3.87. The van der Waals surface area contributed by atoms with Crippen molar-refractivity contribution in [1.82, 2.24) is 9.88 Å². The number of hydrogen-bond acceptors (Lipinski definition) is 6. The Balaban J connectivity index is 1.85. The van der Waals surface area contributed by atoms with Crippen molar-refractivity contribution in [3.8, 4) is 17.6 Å². The summed E-state index contributed by atoms with van der Waals surface area (Å²) < 4.78 is 5.36. The van der Waals surface area contributed by atoms with Gasteiger partial charge in [-0.25, -0.2) is 4.98 Å². The number of carbonyl (C=O) groups excluding carboxylic acids is 1. The highest BCUT2D eigenvalue weighted by atomic mass is 32.2. The monoisotopic (exact) mass is 298 g/mol. The van der Waals surface area contributed by atoms with Crippen LogP contribution >= 0.6 is 11.8 Å². The van der Waals surface area contributed by atoms with Crippen LogP contribution in [0.3, 0.4) is 0 Å². The Kier molecular flexibility index (Phi) is 3.71. The molecule has 2 aromatic rings. The molecule has 21 heavy (non-hydrogen) atoms. The van der Waals surface area contributed by atoms with Gasteiger partial charge in [0.15, 0.2) is 10.9 Å². The Hall–Kier alpha value is -2.59. The van der Waals surface area contributed by atoms with Gasteiger partial charge in [-0.2, -0.15) is 5.26 Å². The number of aromatic nitrogens is 1. The lowest BCUT2D eigenvalue weighted by Gasteiger charge is -2.12. The predicted molar refractivity (Wildman–Crippen MR) is 78.5 cm³/mol. The largest absolute Gasteiger partial charge is 0.444 e. The zero-order chi connectivity index (χ0) is 14.7. The summed E-state index contributed by atoms with van der Waals surface area (Å²) in [6.07, 6.45) is 3.04. The van der Waals surface area contributed by atoms with Crippen molar-refractivity contribution in [3.63, 3.8) is 0 Å². The molecule has 0 aliphatic carbocycles. The zero-order valence-electron chi connectivity index (χ0n) is 10.9. The third kappa shape index (κ3) is 2.66. The first-order chi connectivity index (χ1) is 10.3. The highest BCUT2D eigenvalue weighted by molar-refractivity contribution is 8.14. The fourth-order valence-electron chi connectivity index (χ4n) is 1.95. The van der Waals surface area contributed by atoms with Crippen LogP contribution in [-0.2, 0) is 0 Å². The Labute approximate surface area is 125 Å². The van der Waals surface area contributed by atoms with Crippen molar-refractivity contribution >= 4 is 22.8 Å². The molecule has 7 heteroatoms. The molecule has 0 atom stereocenters. The second-order valence-electron chi connectivity index (χ2n) is 4.20. The number of rotatable bonds is 2. The first-order valence-corrected chi connectivity index (χ1v) is 7.20. The standard InChI is InChI=1S/C14H10N4O2S/c15-9-16-14-18(6-7-21-14)13(19)11-8-20-12(17-11)10-4-2-1-3-5-10/h1-5,8H,6-7H2. The number of carbonyl (C=O) groups is 1. The molecule has 1 aromatic carbocycles. The van der Waals surface area contributed by atoms with Gasteiger partial charge in [0.25, 0.3) is 5.91 Å². The fourth-order valence-corrected chi connectivity index (χ4v) is 2.84. The molecule has 0 bridgehead atoms. The molecule has 0 spiro atoms. The maximum atomic E-state index is 12.4. The molecule has 0 unspecified atom stereocenters. The van der Waals surface area contributed by atoms with E-state index in [1.807, 2.05) is 30.3 Å². The van der Waals surface area contributed by atoms with Gasteiger partial charge in [-0.1, -0.05) is 30.0 Å². The molecule has 1 amide bonds. The molecule has 0 radical (unpaired) electrons. The van der Waals surface area contributed by atoms with Crippen molar-refractivity contribution in [1.29, 1.82) is 5.26 Å². The molecule has 1 fully saturated rings. The van der Waals surface area contributed by atoms with Crippen LogP contribution in [-0.4, -0.2) is 33.3 Å². The molecular formula is C14H10N4O2S. The summed E-state index contributed by atoms with van der Waals surface area (Å²) in [5.74, 6) is 0.805. The van der Waals surface area contributed by atoms with E-state index in [2.05, 4.69) is 9.98 Å². The number of aliphatic imine (C=N–C) groups is 1. The van der Waals surface area contributed by atoms with Crippen LogP contribution in [0.1, 0.15) is 10.5 Å². The number of hydrogen-bond donors (Lipinski definition) is 0. The van der Waals surface area contributed by atoms with Gasteiger partial charge in [-0.15, -0.1) is 4.99 Å². The molecule has 1 aromatic heterocycles. The second kappa shape index (κ2) is 5.81. The Morgan fingerprint density at radius 2 is 2.24 bits per heavy atom. The van der Waals surface area contributed by atoms with Gasteiger partial charge in [0.05, 0.1) is 0 Å². The van der Waals surface area contributed by atoms with Gasteiger partial charge in [0.1, 0.15) is 6.26 Å². The minimum absolute atomic E-state index is 0.210. The molecule has 0 N–H and O–H groups in total. The molecule has 2 heterocycles. The molecule has 3 rings (SSSR count). The first-order valence-electron chi connectivity index (χ1n) is 6.22.